The molecule has 137 heavy (non-hydrogen) atoms. The minimum atomic E-state index is -4.23. The summed E-state index contributed by atoms with van der Waals surface area (Å²) < 4.78 is 84.7. The number of amides is 12. The molecule has 6 aliphatic heterocycles. The van der Waals surface area contributed by atoms with Gasteiger partial charge in [-0.15, -0.1) is 34.0 Å². The fraction of sp³-hybridized carbons (Fsp3) is 0.792. The first-order valence-electron chi connectivity index (χ1n) is 52.5. The number of piperidine rings is 6. The maximum Gasteiger partial charge on any atom is 0.401 e. The molecule has 12 amide bonds. The molecule has 36 heteroatoms. The zero-order valence-corrected chi connectivity index (χ0v) is 85.7. The summed E-state index contributed by atoms with van der Waals surface area (Å²) in [7, 11) is -5.99. The van der Waals surface area contributed by atoms with Gasteiger partial charge < -0.3 is 77.3 Å². The van der Waals surface area contributed by atoms with E-state index in [0.717, 1.165) is 189 Å². The number of unbranched alkanes of at least 4 members (excludes halogenated alkanes) is 5. The zero-order valence-electron chi connectivity index (χ0n) is 81.6. The van der Waals surface area contributed by atoms with E-state index in [1.165, 1.54) is 76.9 Å². The van der Waals surface area contributed by atoms with Gasteiger partial charge in [0.1, 0.15) is 19.7 Å². The number of rotatable bonds is 40. The van der Waals surface area contributed by atoms with E-state index >= 15 is 0 Å². The van der Waals surface area contributed by atoms with Crippen molar-refractivity contribution >= 4 is 107 Å². The highest BCUT2D eigenvalue weighted by atomic mass is 32.2. The number of halogens is 3. The number of carbonyl (C=O) groups excluding carboxylic acids is 9. The van der Waals surface area contributed by atoms with Crippen LogP contribution in [0.5, 0.6) is 0 Å². The zero-order chi connectivity index (χ0) is 97.0. The lowest BCUT2D eigenvalue weighted by molar-refractivity contribution is -0.141. The lowest BCUT2D eigenvalue weighted by atomic mass is 9.80. The number of sulfone groups is 2. The van der Waals surface area contributed by atoms with Crippen LogP contribution in [0.3, 0.4) is 0 Å². The number of nitrogens with zero attached hydrogens (tertiary/aromatic N) is 6. The number of likely N-dealkylation sites (tertiary alicyclic amines) is 6. The molecule has 0 unspecified atom stereocenters. The minimum absolute atomic E-state index is 0.00952. The van der Waals surface area contributed by atoms with Crippen molar-refractivity contribution in [2.75, 3.05) is 115 Å². The summed E-state index contributed by atoms with van der Waals surface area (Å²) in [5, 5.41) is 34.5. The lowest BCUT2D eigenvalue weighted by Crippen LogP contribution is -2.61. The van der Waals surface area contributed by atoms with E-state index in [9.17, 15) is 73.2 Å². The summed E-state index contributed by atoms with van der Waals surface area (Å²) in [4.78, 5) is 138. The molecule has 6 aliphatic carbocycles. The van der Waals surface area contributed by atoms with Crippen LogP contribution in [-0.2, 0) is 68.1 Å². The van der Waals surface area contributed by atoms with E-state index in [4.69, 9.17) is 0 Å². The van der Waals surface area contributed by atoms with Gasteiger partial charge in [0.05, 0.1) is 61.8 Å². The number of thiophene rings is 3. The third-order valence-corrected chi connectivity index (χ3v) is 37.7. The topological polar surface area (TPSA) is 350 Å². The van der Waals surface area contributed by atoms with Gasteiger partial charge in [0, 0.05) is 147 Å². The van der Waals surface area contributed by atoms with Crippen molar-refractivity contribution in [2.24, 2.45) is 45.8 Å². The molecule has 6 saturated heterocycles. The summed E-state index contributed by atoms with van der Waals surface area (Å²) in [6, 6.07) is 10.3. The summed E-state index contributed by atoms with van der Waals surface area (Å²) in [5.74, 6) is -1.24. The Hall–Kier alpha value is -6.70. The maximum atomic E-state index is 14.1. The van der Waals surface area contributed by atoms with Gasteiger partial charge in [-0.1, -0.05) is 128 Å². The van der Waals surface area contributed by atoms with Crippen LogP contribution >= 0.6 is 34.0 Å². The average Bonchev–Trinajstić information content (AvgIpc) is 1.77. The number of carbonyl (C=O) groups is 9. The van der Waals surface area contributed by atoms with Crippen molar-refractivity contribution in [2.45, 2.75) is 345 Å². The van der Waals surface area contributed by atoms with Crippen LogP contribution in [-0.4, -0.2) is 263 Å². The van der Waals surface area contributed by atoms with Crippen molar-refractivity contribution < 1.29 is 73.2 Å². The Bertz CT molecular complexity index is 4510. The van der Waals surface area contributed by atoms with Crippen molar-refractivity contribution in [3.05, 3.63) is 67.2 Å². The van der Waals surface area contributed by atoms with Gasteiger partial charge in [0.15, 0.2) is 0 Å². The second-order valence-corrected chi connectivity index (χ2v) is 50.3. The first kappa shape index (κ1) is 108. The van der Waals surface area contributed by atoms with Gasteiger partial charge >= 0.3 is 24.3 Å². The molecular weight excluding hydrogens is 1850 g/mol. The molecule has 3 spiro atoms. The van der Waals surface area contributed by atoms with Gasteiger partial charge in [-0.3, -0.25) is 28.8 Å². The van der Waals surface area contributed by atoms with E-state index in [1.54, 1.807) is 40.9 Å². The van der Waals surface area contributed by atoms with Crippen molar-refractivity contribution in [1.82, 2.24) is 77.3 Å². The number of urea groups is 3. The number of hydrogen-bond donors (Lipinski definition) is 9. The molecule has 9 N–H and O–H groups in total. The van der Waals surface area contributed by atoms with Crippen molar-refractivity contribution in [3.8, 4) is 0 Å². The summed E-state index contributed by atoms with van der Waals surface area (Å²) in [5.41, 5.74) is 1.41. The molecule has 768 valence electrons. The van der Waals surface area contributed by atoms with E-state index < -0.39 is 50.1 Å². The molecular formula is C101H160F3N15O13S5. The van der Waals surface area contributed by atoms with E-state index in [1.807, 2.05) is 81.9 Å². The third-order valence-electron chi connectivity index (χ3n) is 32.2. The third kappa shape index (κ3) is 34.5. The molecule has 6 saturated carbocycles. The SMILES string of the molecule is CCS(=O)(=O)CCCCC[C@@H](NC1CCCCC1)C(=O)N1CC[C@@H](NC(=O)N2CCC3(CC2)CC3)[C@@H](C(=O)NCc2cccs2)C1.CS(=O)(=O)CCCCC[C@@H](NC1CCCCC1)C(=O)N1CC[C@@H](NC(=O)N2CCC3(CC2)CC3)[C@@H](C(=O)NCc2cccs2)C1.O=C(NCc1cccs1)[C@H]1CN(C(=O)[C@@H](CCCCNCC(F)(F)F)CC2CCCCC2)CC[C@H]1NC(=O)N1CCC2(CC1)CC2. The Morgan fingerprint density at radius 3 is 1.10 bits per heavy atom. The molecule has 9 atom stereocenters. The van der Waals surface area contributed by atoms with E-state index in [0.29, 0.717) is 138 Å². The van der Waals surface area contributed by atoms with Gasteiger partial charge in [0.2, 0.25) is 35.4 Å². The number of hydrogen-bond acceptors (Lipinski definition) is 19. The summed E-state index contributed by atoms with van der Waals surface area (Å²) in [6.07, 6.45) is 37.8. The highest BCUT2D eigenvalue weighted by Crippen LogP contribution is 2.55. The van der Waals surface area contributed by atoms with Crippen LogP contribution in [0.1, 0.15) is 291 Å². The molecule has 3 aromatic rings. The van der Waals surface area contributed by atoms with Crippen LogP contribution in [0.15, 0.2) is 52.5 Å². The lowest BCUT2D eigenvalue weighted by Gasteiger charge is -2.41. The average molecular weight is 2010 g/mol. The number of nitrogens with one attached hydrogen (secondary N) is 9. The van der Waals surface area contributed by atoms with Crippen LogP contribution < -0.4 is 47.9 Å². The van der Waals surface area contributed by atoms with Crippen molar-refractivity contribution in [3.63, 3.8) is 0 Å². The fourth-order valence-corrected chi connectivity index (χ4v) is 26.1. The quantitative estimate of drug-likeness (QED) is 0.0239. The molecule has 0 radical (unpaired) electrons. The first-order valence-corrected chi connectivity index (χ1v) is 59.0. The highest BCUT2D eigenvalue weighted by Gasteiger charge is 2.50. The Morgan fingerprint density at radius 2 is 0.766 bits per heavy atom. The van der Waals surface area contributed by atoms with Crippen LogP contribution in [0.25, 0.3) is 0 Å². The summed E-state index contributed by atoms with van der Waals surface area (Å²) >= 11 is 4.75. The molecule has 0 bridgehead atoms. The Morgan fingerprint density at radius 1 is 0.416 bits per heavy atom. The first-order chi connectivity index (χ1) is 65.9. The highest BCUT2D eigenvalue weighted by molar-refractivity contribution is 7.91. The van der Waals surface area contributed by atoms with Crippen LogP contribution in [0.4, 0.5) is 27.6 Å². The standard InChI is InChI=1S/C34H52F3N5O3S.C34H55N5O5S2.C33H53N5O5S2/c35-34(36,37)24-38-16-5-4-9-26(21-25-7-2-1-3-8-25)31(44)42-17-11-29(28(23-42)30(43)39-22-27-10-6-20-46-27)40-32(45)41-18-14-33(12-13-33)15-19-41;1-2-46(43,44)23-8-4-7-13-30(36-26-10-5-3-6-11-26)32(41)39-19-14-29(28(25-39)31(40)35-24-27-12-9-22-45-27)37-33(42)38-20-17-34(15-16-34)18-21-38;1-45(42,43)22-7-3-6-12-29(35-25-9-4-2-5-10-25)31(40)38-18-13-28(27(24-38)30(39)34-23-26-11-8-21-44-26)36-32(41)37-19-16-33(14-15-33)17-20-37/h6,10,20,25-26,28-29,38H,1-5,7-9,11-19,21-24H2,(H,39,43)(H,40,45);9,12,22,26,28-30,36H,2-8,10-11,13-21,23-25H2,1H3,(H,35,40)(H,37,42);8,11,21,25,27-29,35H,2-7,9-10,12-20,22-24H2,1H3,(H,34,39)(H,36,41)/t26-,28-,29+;28-,29+,30+;27-,28+,29+/m000/s1. The molecule has 0 aromatic carbocycles. The van der Waals surface area contributed by atoms with Crippen LogP contribution in [0, 0.1) is 45.8 Å². The number of alkyl halides is 3. The maximum absolute atomic E-state index is 14.1. The predicted octanol–water partition coefficient (Wildman–Crippen LogP) is 14.6. The molecule has 15 rings (SSSR count). The predicted molar refractivity (Wildman–Crippen MR) is 533 cm³/mol. The summed E-state index contributed by atoms with van der Waals surface area (Å²) in [6.45, 7) is 8.94. The van der Waals surface area contributed by atoms with Gasteiger partial charge in [-0.25, -0.2) is 31.2 Å². The molecule has 3 aromatic heterocycles. The molecule has 12 fully saturated rings. The molecule has 9 heterocycles. The smallest absolute Gasteiger partial charge is 0.351 e. The van der Waals surface area contributed by atoms with E-state index in [-0.39, 0.29) is 133 Å². The van der Waals surface area contributed by atoms with Gasteiger partial charge in [-0.2, -0.15) is 13.2 Å². The molecule has 28 nitrogen and oxygen atoms in total. The Labute approximate surface area is 825 Å². The molecule has 12 aliphatic rings. The monoisotopic (exact) mass is 2010 g/mol. The Balaban J connectivity index is 0.000000174. The Kier molecular flexibility index (Phi) is 40.8. The normalized spacial score (nSPS) is 24.1. The second-order valence-electron chi connectivity index (χ2n) is 42.5. The van der Waals surface area contributed by atoms with Crippen LogP contribution in [0.2, 0.25) is 0 Å². The largest absolute Gasteiger partial charge is 0.401 e. The fourth-order valence-electron chi connectivity index (χ4n) is 22.5. The van der Waals surface area contributed by atoms with Crippen molar-refractivity contribution in [1.29, 1.82) is 0 Å². The minimum Gasteiger partial charge on any atom is -0.351 e. The van der Waals surface area contributed by atoms with Gasteiger partial charge in [0.25, 0.3) is 0 Å². The van der Waals surface area contributed by atoms with Gasteiger partial charge in [-0.05, 0) is 230 Å². The van der Waals surface area contributed by atoms with E-state index in [2.05, 4.69) is 47.9 Å². The second kappa shape index (κ2) is 52.0.